The minimum Gasteiger partial charge on any atom is -0.395 e. The summed E-state index contributed by atoms with van der Waals surface area (Å²) in [5.41, 5.74) is 0. The fourth-order valence-electron chi connectivity index (χ4n) is 2.10. The van der Waals surface area contributed by atoms with Crippen molar-refractivity contribution >= 4 is 5.91 Å². The third kappa shape index (κ3) is 6.33. The Morgan fingerprint density at radius 3 is 2.68 bits per heavy atom. The number of ether oxygens (including phenoxy) is 1. The van der Waals surface area contributed by atoms with Gasteiger partial charge in [0, 0.05) is 32.8 Å². The van der Waals surface area contributed by atoms with Gasteiger partial charge in [-0.15, -0.1) is 0 Å². The number of nitrogens with zero attached hydrogens (tertiary/aromatic N) is 2. The lowest BCUT2D eigenvalue weighted by molar-refractivity contribution is -0.137. The van der Waals surface area contributed by atoms with E-state index in [-0.39, 0.29) is 18.6 Å². The molecule has 1 rings (SSSR count). The van der Waals surface area contributed by atoms with E-state index in [1.807, 2.05) is 18.7 Å². The molecule has 112 valence electrons. The monoisotopic (exact) mass is 274 g/mol. The molecule has 1 aliphatic rings. The average molecular weight is 274 g/mol. The molecule has 6 nitrogen and oxygen atoms in total. The van der Waals surface area contributed by atoms with Gasteiger partial charge in [0.25, 0.3) is 0 Å². The van der Waals surface area contributed by atoms with E-state index in [1.54, 1.807) is 4.90 Å². The first-order chi connectivity index (χ1) is 9.02. The smallest absolute Gasteiger partial charge is 0.236 e. The standard InChI is InChI=1S/C13H26N2O4/c1-11(2)19-8-3-12(17)9-14-4-5-15(6-7-16)13(18)10-14/h11-12,16-17H,3-10H2,1-2H3. The number of aliphatic hydroxyl groups is 2. The molecule has 0 aromatic rings. The second-order valence-electron chi connectivity index (χ2n) is 5.20. The predicted molar refractivity (Wildman–Crippen MR) is 71.8 cm³/mol. The van der Waals surface area contributed by atoms with Crippen LogP contribution in [0.4, 0.5) is 0 Å². The predicted octanol–water partition coefficient (Wildman–Crippen LogP) is -0.701. The summed E-state index contributed by atoms with van der Waals surface area (Å²) in [6, 6.07) is 0. The molecule has 1 fully saturated rings. The Morgan fingerprint density at radius 1 is 1.37 bits per heavy atom. The summed E-state index contributed by atoms with van der Waals surface area (Å²) < 4.78 is 5.39. The Labute approximate surface area is 114 Å². The molecule has 1 heterocycles. The quantitative estimate of drug-likeness (QED) is 0.612. The van der Waals surface area contributed by atoms with Crippen LogP contribution in [0, 0.1) is 0 Å². The van der Waals surface area contributed by atoms with Crippen LogP contribution in [0.5, 0.6) is 0 Å². The first kappa shape index (κ1) is 16.4. The summed E-state index contributed by atoms with van der Waals surface area (Å²) in [6.45, 7) is 7.05. The van der Waals surface area contributed by atoms with Crippen LogP contribution in [0.1, 0.15) is 20.3 Å². The number of aliphatic hydroxyl groups excluding tert-OH is 2. The van der Waals surface area contributed by atoms with Gasteiger partial charge < -0.3 is 19.8 Å². The van der Waals surface area contributed by atoms with Gasteiger partial charge in [-0.05, 0) is 20.3 Å². The van der Waals surface area contributed by atoms with E-state index in [4.69, 9.17) is 9.84 Å². The number of piperazine rings is 1. The van der Waals surface area contributed by atoms with Gasteiger partial charge in [0.2, 0.25) is 5.91 Å². The maximum atomic E-state index is 11.7. The molecular weight excluding hydrogens is 248 g/mol. The van der Waals surface area contributed by atoms with Crippen molar-refractivity contribution in [2.75, 3.05) is 45.9 Å². The highest BCUT2D eigenvalue weighted by Gasteiger charge is 2.24. The van der Waals surface area contributed by atoms with Gasteiger partial charge in [-0.1, -0.05) is 0 Å². The highest BCUT2D eigenvalue weighted by molar-refractivity contribution is 5.79. The number of rotatable bonds is 8. The lowest BCUT2D eigenvalue weighted by Gasteiger charge is -2.34. The van der Waals surface area contributed by atoms with Gasteiger partial charge in [0.05, 0.1) is 25.4 Å². The number of hydrogen-bond donors (Lipinski definition) is 2. The normalized spacial score (nSPS) is 19.2. The third-order valence-electron chi connectivity index (χ3n) is 3.14. The second-order valence-corrected chi connectivity index (χ2v) is 5.20. The molecule has 0 spiro atoms. The Bertz CT molecular complexity index is 273. The van der Waals surface area contributed by atoms with E-state index < -0.39 is 6.10 Å². The molecular formula is C13H26N2O4. The Kier molecular flexibility index (Phi) is 7.30. The molecule has 0 aromatic heterocycles. The largest absolute Gasteiger partial charge is 0.395 e. The number of β-amino-alcohol motifs (C(OH)–C–C–N with tert-alkyl or cyclic N) is 2. The van der Waals surface area contributed by atoms with Gasteiger partial charge in [-0.2, -0.15) is 0 Å². The molecule has 19 heavy (non-hydrogen) atoms. The van der Waals surface area contributed by atoms with Crippen molar-refractivity contribution in [2.45, 2.75) is 32.5 Å². The van der Waals surface area contributed by atoms with Crippen LogP contribution in [-0.4, -0.2) is 84.1 Å². The van der Waals surface area contributed by atoms with E-state index >= 15 is 0 Å². The Morgan fingerprint density at radius 2 is 2.11 bits per heavy atom. The second kappa shape index (κ2) is 8.47. The minimum atomic E-state index is -0.462. The van der Waals surface area contributed by atoms with Crippen molar-refractivity contribution < 1.29 is 19.7 Å². The van der Waals surface area contributed by atoms with Crippen molar-refractivity contribution in [3.05, 3.63) is 0 Å². The topological polar surface area (TPSA) is 73.2 Å². The third-order valence-corrected chi connectivity index (χ3v) is 3.14. The Hall–Kier alpha value is -0.690. The van der Waals surface area contributed by atoms with Gasteiger partial charge in [-0.25, -0.2) is 0 Å². The first-order valence-corrected chi connectivity index (χ1v) is 6.93. The Balaban J connectivity index is 2.21. The maximum absolute atomic E-state index is 11.7. The van der Waals surface area contributed by atoms with Crippen molar-refractivity contribution in [1.82, 2.24) is 9.80 Å². The lowest BCUT2D eigenvalue weighted by Crippen LogP contribution is -2.52. The molecule has 0 saturated carbocycles. The van der Waals surface area contributed by atoms with Crippen LogP contribution in [-0.2, 0) is 9.53 Å². The van der Waals surface area contributed by atoms with Gasteiger partial charge in [-0.3, -0.25) is 9.69 Å². The molecule has 1 unspecified atom stereocenters. The summed E-state index contributed by atoms with van der Waals surface area (Å²) in [7, 11) is 0. The van der Waals surface area contributed by atoms with Crippen LogP contribution < -0.4 is 0 Å². The van der Waals surface area contributed by atoms with Crippen LogP contribution in [0.15, 0.2) is 0 Å². The van der Waals surface area contributed by atoms with Crippen LogP contribution >= 0.6 is 0 Å². The van der Waals surface area contributed by atoms with E-state index in [1.165, 1.54) is 0 Å². The first-order valence-electron chi connectivity index (χ1n) is 6.93. The number of amides is 1. The van der Waals surface area contributed by atoms with Crippen molar-refractivity contribution in [1.29, 1.82) is 0 Å². The molecule has 1 amide bonds. The zero-order chi connectivity index (χ0) is 14.3. The van der Waals surface area contributed by atoms with Crippen molar-refractivity contribution in [2.24, 2.45) is 0 Å². The minimum absolute atomic E-state index is 0.000899. The van der Waals surface area contributed by atoms with Gasteiger partial charge in [0.1, 0.15) is 0 Å². The number of carbonyl (C=O) groups excluding carboxylic acids is 1. The van der Waals surface area contributed by atoms with Crippen LogP contribution in [0.2, 0.25) is 0 Å². The van der Waals surface area contributed by atoms with E-state index in [0.29, 0.717) is 39.2 Å². The summed E-state index contributed by atoms with van der Waals surface area (Å²) in [5, 5.41) is 18.7. The lowest BCUT2D eigenvalue weighted by atomic mass is 10.2. The summed E-state index contributed by atoms with van der Waals surface area (Å²) in [6.07, 6.45) is 0.301. The molecule has 0 aliphatic carbocycles. The number of carbonyl (C=O) groups is 1. The molecule has 0 radical (unpaired) electrons. The summed E-state index contributed by atoms with van der Waals surface area (Å²) in [5.74, 6) is 0.0194. The van der Waals surface area contributed by atoms with Gasteiger partial charge in [0.15, 0.2) is 0 Å². The molecule has 1 atom stereocenters. The van der Waals surface area contributed by atoms with Crippen LogP contribution in [0.25, 0.3) is 0 Å². The van der Waals surface area contributed by atoms with E-state index in [2.05, 4.69) is 0 Å². The fraction of sp³-hybridized carbons (Fsp3) is 0.923. The van der Waals surface area contributed by atoms with E-state index in [0.717, 1.165) is 6.54 Å². The van der Waals surface area contributed by atoms with Gasteiger partial charge >= 0.3 is 0 Å². The summed E-state index contributed by atoms with van der Waals surface area (Å²) >= 11 is 0. The molecule has 2 N–H and O–H groups in total. The van der Waals surface area contributed by atoms with Crippen molar-refractivity contribution in [3.8, 4) is 0 Å². The molecule has 1 aliphatic heterocycles. The SMILES string of the molecule is CC(C)OCCC(O)CN1CCN(CCO)C(=O)C1. The highest BCUT2D eigenvalue weighted by atomic mass is 16.5. The molecule has 1 saturated heterocycles. The van der Waals surface area contributed by atoms with E-state index in [9.17, 15) is 9.90 Å². The highest BCUT2D eigenvalue weighted by Crippen LogP contribution is 2.06. The fourth-order valence-corrected chi connectivity index (χ4v) is 2.10. The van der Waals surface area contributed by atoms with Crippen molar-refractivity contribution in [3.63, 3.8) is 0 Å². The average Bonchev–Trinajstić information content (AvgIpc) is 2.32. The zero-order valence-corrected chi connectivity index (χ0v) is 11.9. The molecule has 6 heteroatoms. The summed E-state index contributed by atoms with van der Waals surface area (Å²) in [4.78, 5) is 15.4. The maximum Gasteiger partial charge on any atom is 0.236 e. The zero-order valence-electron chi connectivity index (χ0n) is 11.9. The van der Waals surface area contributed by atoms with Crippen LogP contribution in [0.3, 0.4) is 0 Å². The molecule has 0 bridgehead atoms. The number of hydrogen-bond acceptors (Lipinski definition) is 5. The molecule has 0 aromatic carbocycles.